The van der Waals surface area contributed by atoms with Gasteiger partial charge in [0.2, 0.25) is 5.91 Å². The molecule has 1 aliphatic rings. The lowest BCUT2D eigenvalue weighted by molar-refractivity contribution is -0.130. The molecule has 4 rings (SSSR count). The lowest BCUT2D eigenvalue weighted by atomic mass is 10.1. The molecule has 3 aromatic rings. The smallest absolute Gasteiger partial charge is 0.251 e. The van der Waals surface area contributed by atoms with Gasteiger partial charge in [0, 0.05) is 51.3 Å². The molecule has 0 spiro atoms. The molecule has 0 atom stereocenters. The summed E-state index contributed by atoms with van der Waals surface area (Å²) >= 11 is 0. The highest BCUT2D eigenvalue weighted by atomic mass is 16.5. The summed E-state index contributed by atoms with van der Waals surface area (Å²) in [6.07, 6.45) is 1.27. The summed E-state index contributed by atoms with van der Waals surface area (Å²) in [7, 11) is 1.67. The van der Waals surface area contributed by atoms with Crippen molar-refractivity contribution in [3.8, 4) is 5.75 Å². The van der Waals surface area contributed by atoms with Crippen LogP contribution in [0.4, 0.5) is 0 Å². The molecule has 6 nitrogen and oxygen atoms in total. The summed E-state index contributed by atoms with van der Waals surface area (Å²) in [6.45, 7) is 4.50. The van der Waals surface area contributed by atoms with Gasteiger partial charge in [0.05, 0.1) is 7.11 Å². The summed E-state index contributed by atoms with van der Waals surface area (Å²) in [5.74, 6) is 0.814. The molecule has 1 heterocycles. The number of rotatable bonds is 7. The highest BCUT2D eigenvalue weighted by Gasteiger charge is 2.19. The Morgan fingerprint density at radius 1 is 0.909 bits per heavy atom. The van der Waals surface area contributed by atoms with E-state index in [1.807, 2.05) is 59.5 Å². The molecule has 0 aliphatic carbocycles. The first-order valence-corrected chi connectivity index (χ1v) is 11.5. The van der Waals surface area contributed by atoms with Crippen molar-refractivity contribution in [3.05, 3.63) is 77.9 Å². The number of ether oxygens (including phenoxy) is 1. The monoisotopic (exact) mass is 445 g/mol. The maximum absolute atomic E-state index is 12.7. The Bertz CT molecular complexity index is 1100. The minimum Gasteiger partial charge on any atom is -0.497 e. The number of fused-ring (bicyclic) bond motifs is 1. The Labute approximate surface area is 195 Å². The second kappa shape index (κ2) is 11.0. The molecule has 0 saturated carbocycles. The zero-order chi connectivity index (χ0) is 23.0. The molecule has 0 radical (unpaired) electrons. The molecule has 0 aromatic heterocycles. The Balaban J connectivity index is 1.22. The number of methoxy groups -OCH3 is 1. The topological polar surface area (TPSA) is 61.9 Å². The number of nitrogens with zero attached hydrogens (tertiary/aromatic N) is 2. The fraction of sp³-hybridized carbons (Fsp3) is 0.333. The number of hydrogen-bond acceptors (Lipinski definition) is 4. The third-order valence-electron chi connectivity index (χ3n) is 6.14. The molecule has 6 heteroatoms. The summed E-state index contributed by atoms with van der Waals surface area (Å²) in [6, 6.07) is 21.8. The van der Waals surface area contributed by atoms with E-state index in [1.165, 1.54) is 5.56 Å². The van der Waals surface area contributed by atoms with Crippen LogP contribution in [0.3, 0.4) is 0 Å². The van der Waals surface area contributed by atoms with Crippen LogP contribution in [-0.4, -0.2) is 61.4 Å². The molecule has 1 aliphatic heterocycles. The quantitative estimate of drug-likeness (QED) is 0.602. The second-order valence-electron chi connectivity index (χ2n) is 8.43. The lowest BCUT2D eigenvalue weighted by Crippen LogP contribution is -2.37. The van der Waals surface area contributed by atoms with E-state index < -0.39 is 0 Å². The Morgan fingerprint density at radius 2 is 1.70 bits per heavy atom. The van der Waals surface area contributed by atoms with Gasteiger partial charge in [-0.15, -0.1) is 0 Å². The van der Waals surface area contributed by atoms with Gasteiger partial charge >= 0.3 is 0 Å². The highest BCUT2D eigenvalue weighted by molar-refractivity contribution is 5.98. The fourth-order valence-corrected chi connectivity index (χ4v) is 4.24. The Morgan fingerprint density at radius 3 is 2.48 bits per heavy atom. The van der Waals surface area contributed by atoms with Gasteiger partial charge in [-0.1, -0.05) is 42.5 Å². The van der Waals surface area contributed by atoms with Gasteiger partial charge in [-0.2, -0.15) is 0 Å². The summed E-state index contributed by atoms with van der Waals surface area (Å²) in [5, 5.41) is 5.03. The molecule has 1 N–H and O–H groups in total. The third kappa shape index (κ3) is 6.11. The number of amides is 2. The lowest BCUT2D eigenvalue weighted by Gasteiger charge is -2.22. The van der Waals surface area contributed by atoms with Crippen LogP contribution in [0.15, 0.2) is 66.7 Å². The van der Waals surface area contributed by atoms with Gasteiger partial charge in [-0.25, -0.2) is 0 Å². The standard InChI is InChI=1S/C27H31N3O3/c1-33-25-11-7-21(8-12-25)20-29-15-4-16-30(18-17-29)26(31)13-14-28-27(32)24-10-9-22-5-2-3-6-23(22)19-24/h2-3,5-12,19H,4,13-18,20H2,1H3,(H,28,32). The van der Waals surface area contributed by atoms with Crippen molar-refractivity contribution in [2.75, 3.05) is 39.8 Å². The van der Waals surface area contributed by atoms with Gasteiger partial charge in [0.15, 0.2) is 0 Å². The van der Waals surface area contributed by atoms with Crippen LogP contribution in [0, 0.1) is 0 Å². The van der Waals surface area contributed by atoms with Crippen LogP contribution >= 0.6 is 0 Å². The Hall–Kier alpha value is -3.38. The van der Waals surface area contributed by atoms with Crippen molar-refractivity contribution in [1.29, 1.82) is 0 Å². The molecule has 0 unspecified atom stereocenters. The molecule has 172 valence electrons. The minimum atomic E-state index is -0.143. The van der Waals surface area contributed by atoms with Crippen molar-refractivity contribution >= 4 is 22.6 Å². The van der Waals surface area contributed by atoms with Crippen molar-refractivity contribution in [2.24, 2.45) is 0 Å². The van der Waals surface area contributed by atoms with Gasteiger partial charge in [0.25, 0.3) is 5.91 Å². The van der Waals surface area contributed by atoms with Crippen molar-refractivity contribution in [1.82, 2.24) is 15.1 Å². The van der Waals surface area contributed by atoms with E-state index in [9.17, 15) is 9.59 Å². The van der Waals surface area contributed by atoms with Gasteiger partial charge in [0.1, 0.15) is 5.75 Å². The number of nitrogens with one attached hydrogen (secondary N) is 1. The first-order chi connectivity index (χ1) is 16.1. The van der Waals surface area contributed by atoms with E-state index in [1.54, 1.807) is 7.11 Å². The molecular weight excluding hydrogens is 414 g/mol. The van der Waals surface area contributed by atoms with Gasteiger partial charge < -0.3 is 15.0 Å². The molecule has 1 fully saturated rings. The number of hydrogen-bond donors (Lipinski definition) is 1. The third-order valence-corrected chi connectivity index (χ3v) is 6.14. The number of benzene rings is 3. The predicted octanol–water partition coefficient (Wildman–Crippen LogP) is 3.70. The molecule has 1 saturated heterocycles. The van der Waals surface area contributed by atoms with Crippen LogP contribution in [-0.2, 0) is 11.3 Å². The van der Waals surface area contributed by atoms with Crippen molar-refractivity contribution < 1.29 is 14.3 Å². The second-order valence-corrected chi connectivity index (χ2v) is 8.43. The van der Waals surface area contributed by atoms with E-state index in [-0.39, 0.29) is 11.8 Å². The van der Waals surface area contributed by atoms with E-state index in [2.05, 4.69) is 22.3 Å². The normalized spacial score (nSPS) is 14.6. The van der Waals surface area contributed by atoms with Crippen LogP contribution in [0.2, 0.25) is 0 Å². The van der Waals surface area contributed by atoms with Crippen LogP contribution in [0.25, 0.3) is 10.8 Å². The zero-order valence-electron chi connectivity index (χ0n) is 19.1. The minimum absolute atomic E-state index is 0.0973. The van der Waals surface area contributed by atoms with Gasteiger partial charge in [-0.05, 0) is 47.0 Å². The van der Waals surface area contributed by atoms with E-state index >= 15 is 0 Å². The molecule has 2 amide bonds. The number of carbonyl (C=O) groups is 2. The van der Waals surface area contributed by atoms with Crippen LogP contribution < -0.4 is 10.1 Å². The average molecular weight is 446 g/mol. The van der Waals surface area contributed by atoms with Crippen LogP contribution in [0.1, 0.15) is 28.8 Å². The molecule has 3 aromatic carbocycles. The average Bonchev–Trinajstić information content (AvgIpc) is 3.09. The van der Waals surface area contributed by atoms with Gasteiger partial charge in [-0.3, -0.25) is 14.5 Å². The van der Waals surface area contributed by atoms with E-state index in [0.29, 0.717) is 25.1 Å². The summed E-state index contributed by atoms with van der Waals surface area (Å²) in [5.41, 5.74) is 1.86. The molecular formula is C27H31N3O3. The van der Waals surface area contributed by atoms with E-state index in [0.717, 1.165) is 49.1 Å². The van der Waals surface area contributed by atoms with Crippen LogP contribution in [0.5, 0.6) is 5.75 Å². The highest BCUT2D eigenvalue weighted by Crippen LogP contribution is 2.16. The SMILES string of the molecule is COc1ccc(CN2CCCN(C(=O)CCNC(=O)c3ccc4ccccc4c3)CC2)cc1. The molecule has 0 bridgehead atoms. The number of carbonyl (C=O) groups excluding carboxylic acids is 2. The zero-order valence-corrected chi connectivity index (χ0v) is 19.1. The largest absolute Gasteiger partial charge is 0.497 e. The van der Waals surface area contributed by atoms with E-state index in [4.69, 9.17) is 4.74 Å². The molecule has 33 heavy (non-hydrogen) atoms. The Kier molecular flexibility index (Phi) is 7.58. The van der Waals surface area contributed by atoms with Crippen molar-refractivity contribution in [2.45, 2.75) is 19.4 Å². The maximum Gasteiger partial charge on any atom is 0.251 e. The summed E-state index contributed by atoms with van der Waals surface area (Å²) in [4.78, 5) is 29.5. The summed E-state index contributed by atoms with van der Waals surface area (Å²) < 4.78 is 5.22. The maximum atomic E-state index is 12.7. The predicted molar refractivity (Wildman–Crippen MR) is 130 cm³/mol. The fourth-order valence-electron chi connectivity index (χ4n) is 4.24. The first kappa shape index (κ1) is 22.8. The van der Waals surface area contributed by atoms with Crippen molar-refractivity contribution in [3.63, 3.8) is 0 Å². The first-order valence-electron chi connectivity index (χ1n) is 11.5.